The summed E-state index contributed by atoms with van der Waals surface area (Å²) in [7, 11) is 0. The van der Waals surface area contributed by atoms with Gasteiger partial charge in [0.25, 0.3) is 0 Å². The van der Waals surface area contributed by atoms with Crippen LogP contribution in [0.5, 0.6) is 0 Å². The first-order chi connectivity index (χ1) is 6.18. The largest absolute Gasteiger partial charge is 0.328 e. The lowest BCUT2D eigenvalue weighted by atomic mass is 10.1. The van der Waals surface area contributed by atoms with Crippen LogP contribution in [0.25, 0.3) is 0 Å². The van der Waals surface area contributed by atoms with Crippen molar-refractivity contribution in [1.29, 1.82) is 0 Å². The van der Waals surface area contributed by atoms with E-state index in [4.69, 9.17) is 5.73 Å². The molecule has 0 saturated heterocycles. The fourth-order valence-corrected chi connectivity index (χ4v) is 2.15. The van der Waals surface area contributed by atoms with E-state index >= 15 is 0 Å². The monoisotopic (exact) mass is 239 g/mol. The highest BCUT2D eigenvalue weighted by Gasteiger charge is 2.40. The van der Waals surface area contributed by atoms with E-state index in [1.165, 1.54) is 12.0 Å². The minimum Gasteiger partial charge on any atom is -0.328 e. The molecule has 1 aromatic rings. The highest BCUT2D eigenvalue weighted by molar-refractivity contribution is 9.10. The topological polar surface area (TPSA) is 26.0 Å². The summed E-state index contributed by atoms with van der Waals surface area (Å²) in [5.41, 5.74) is 7.28. The van der Waals surface area contributed by atoms with Gasteiger partial charge in [0.15, 0.2) is 0 Å². The summed E-state index contributed by atoms with van der Waals surface area (Å²) in [5, 5.41) is 0. The summed E-state index contributed by atoms with van der Waals surface area (Å²) in [6, 6.07) is 8.93. The Bertz CT molecular complexity index is 291. The lowest BCUT2D eigenvalue weighted by Crippen LogP contribution is -2.17. The molecule has 1 saturated carbocycles. The van der Waals surface area contributed by atoms with Crippen LogP contribution in [0, 0.1) is 5.92 Å². The van der Waals surface area contributed by atoms with Crippen LogP contribution >= 0.6 is 15.9 Å². The number of halogens is 1. The second kappa shape index (κ2) is 3.43. The highest BCUT2D eigenvalue weighted by atomic mass is 79.9. The van der Waals surface area contributed by atoms with Crippen molar-refractivity contribution >= 4 is 15.9 Å². The molecule has 0 spiro atoms. The minimum atomic E-state index is 0.341. The van der Waals surface area contributed by atoms with Gasteiger partial charge in [-0.3, -0.25) is 0 Å². The Morgan fingerprint density at radius 3 is 2.46 bits per heavy atom. The summed E-state index contributed by atoms with van der Waals surface area (Å²) in [6.07, 6.45) is 1.26. The van der Waals surface area contributed by atoms with E-state index in [0.717, 1.165) is 4.47 Å². The van der Waals surface area contributed by atoms with E-state index in [1.54, 1.807) is 0 Å². The Balaban J connectivity index is 2.08. The van der Waals surface area contributed by atoms with Crippen LogP contribution in [0.3, 0.4) is 0 Å². The number of nitrogens with two attached hydrogens (primary N) is 1. The third-order valence-corrected chi connectivity index (χ3v) is 3.34. The lowest BCUT2D eigenvalue weighted by molar-refractivity contribution is 0.631. The molecule has 1 nitrogen and oxygen atoms in total. The molecule has 0 aliphatic heterocycles. The molecule has 2 N–H and O–H groups in total. The Hall–Kier alpha value is -0.340. The number of hydrogen-bond donors (Lipinski definition) is 1. The van der Waals surface area contributed by atoms with Gasteiger partial charge in [-0.05, 0) is 42.9 Å². The van der Waals surface area contributed by atoms with E-state index < -0.39 is 0 Å². The van der Waals surface area contributed by atoms with Crippen LogP contribution in [-0.4, -0.2) is 6.04 Å². The summed E-state index contributed by atoms with van der Waals surface area (Å²) in [6.45, 7) is 2.10. The normalized spacial score (nSPS) is 28.5. The molecule has 2 rings (SSSR count). The molecule has 0 heterocycles. The smallest absolute Gasteiger partial charge is 0.0175 e. The molecule has 70 valence electrons. The first-order valence-electron chi connectivity index (χ1n) is 4.69. The van der Waals surface area contributed by atoms with Gasteiger partial charge in [0.1, 0.15) is 0 Å². The van der Waals surface area contributed by atoms with Gasteiger partial charge < -0.3 is 5.73 Å². The summed E-state index contributed by atoms with van der Waals surface area (Å²) < 4.78 is 1.15. The molecular weight excluding hydrogens is 226 g/mol. The molecule has 1 aromatic carbocycles. The van der Waals surface area contributed by atoms with Gasteiger partial charge in [-0.15, -0.1) is 0 Å². The van der Waals surface area contributed by atoms with E-state index in [9.17, 15) is 0 Å². The van der Waals surface area contributed by atoms with E-state index in [2.05, 4.69) is 47.1 Å². The predicted octanol–water partition coefficient (Wildman–Crippen LogP) is 2.90. The fraction of sp³-hybridized carbons (Fsp3) is 0.455. The van der Waals surface area contributed by atoms with Gasteiger partial charge in [0, 0.05) is 10.5 Å². The van der Waals surface area contributed by atoms with Crippen molar-refractivity contribution in [3.05, 3.63) is 34.3 Å². The molecule has 1 aliphatic rings. The second-order valence-electron chi connectivity index (χ2n) is 3.92. The van der Waals surface area contributed by atoms with Crippen molar-refractivity contribution in [2.75, 3.05) is 0 Å². The van der Waals surface area contributed by atoms with Gasteiger partial charge in [-0.25, -0.2) is 0 Å². The first kappa shape index (κ1) is 9.22. The van der Waals surface area contributed by atoms with Gasteiger partial charge in [0.2, 0.25) is 0 Å². The molecule has 0 radical (unpaired) electrons. The zero-order chi connectivity index (χ0) is 9.42. The molecular formula is C11H14BrN. The SMILES string of the molecule is C[C@@H](N)[C@@H]1C[C@@H]1c1ccc(Br)cc1. The molecule has 0 aromatic heterocycles. The van der Waals surface area contributed by atoms with Gasteiger partial charge in [-0.1, -0.05) is 28.1 Å². The maximum Gasteiger partial charge on any atom is 0.0175 e. The zero-order valence-corrected chi connectivity index (χ0v) is 9.29. The Labute approximate surface area is 87.5 Å². The highest BCUT2D eigenvalue weighted by Crippen LogP contribution is 2.48. The first-order valence-corrected chi connectivity index (χ1v) is 5.49. The summed E-state index contributed by atoms with van der Waals surface area (Å²) >= 11 is 3.43. The number of hydrogen-bond acceptors (Lipinski definition) is 1. The average Bonchev–Trinajstić information content (AvgIpc) is 2.85. The minimum absolute atomic E-state index is 0.341. The van der Waals surface area contributed by atoms with Gasteiger partial charge in [0.05, 0.1) is 0 Å². The molecule has 0 amide bonds. The maximum atomic E-state index is 5.85. The van der Waals surface area contributed by atoms with Crippen molar-refractivity contribution in [3.63, 3.8) is 0 Å². The van der Waals surface area contributed by atoms with Crippen molar-refractivity contribution < 1.29 is 0 Å². The summed E-state index contributed by atoms with van der Waals surface area (Å²) in [4.78, 5) is 0. The average molecular weight is 240 g/mol. The molecule has 0 unspecified atom stereocenters. The maximum absolute atomic E-state index is 5.85. The molecule has 1 aliphatic carbocycles. The Kier molecular flexibility index (Phi) is 2.43. The van der Waals surface area contributed by atoms with Crippen molar-refractivity contribution in [2.45, 2.75) is 25.3 Å². The van der Waals surface area contributed by atoms with Crippen molar-refractivity contribution in [3.8, 4) is 0 Å². The fourth-order valence-electron chi connectivity index (χ4n) is 1.89. The molecule has 0 bridgehead atoms. The number of benzene rings is 1. The third kappa shape index (κ3) is 1.94. The van der Waals surface area contributed by atoms with Crippen LogP contribution in [0.4, 0.5) is 0 Å². The Morgan fingerprint density at radius 1 is 1.38 bits per heavy atom. The molecule has 2 heteroatoms. The van der Waals surface area contributed by atoms with Crippen LogP contribution in [0.1, 0.15) is 24.8 Å². The Morgan fingerprint density at radius 2 is 2.00 bits per heavy atom. The van der Waals surface area contributed by atoms with Crippen molar-refractivity contribution in [1.82, 2.24) is 0 Å². The molecule has 1 fully saturated rings. The van der Waals surface area contributed by atoms with E-state index in [-0.39, 0.29) is 0 Å². The predicted molar refractivity (Wildman–Crippen MR) is 58.6 cm³/mol. The van der Waals surface area contributed by atoms with Crippen LogP contribution in [-0.2, 0) is 0 Å². The van der Waals surface area contributed by atoms with E-state index in [1.807, 2.05) is 0 Å². The van der Waals surface area contributed by atoms with E-state index in [0.29, 0.717) is 17.9 Å². The quantitative estimate of drug-likeness (QED) is 0.845. The number of rotatable bonds is 2. The second-order valence-corrected chi connectivity index (χ2v) is 4.83. The van der Waals surface area contributed by atoms with Crippen molar-refractivity contribution in [2.24, 2.45) is 11.7 Å². The van der Waals surface area contributed by atoms with Crippen LogP contribution < -0.4 is 5.73 Å². The standard InChI is InChI=1S/C11H14BrN/c1-7(13)10-6-11(10)8-2-4-9(12)5-3-8/h2-5,7,10-11H,6,13H2,1H3/t7-,10+,11-/m1/s1. The molecule has 13 heavy (non-hydrogen) atoms. The lowest BCUT2D eigenvalue weighted by Gasteiger charge is -2.03. The van der Waals surface area contributed by atoms with Gasteiger partial charge in [-0.2, -0.15) is 0 Å². The molecule has 3 atom stereocenters. The van der Waals surface area contributed by atoms with Gasteiger partial charge >= 0.3 is 0 Å². The van der Waals surface area contributed by atoms with Crippen LogP contribution in [0.15, 0.2) is 28.7 Å². The third-order valence-electron chi connectivity index (χ3n) is 2.81. The van der Waals surface area contributed by atoms with Crippen LogP contribution in [0.2, 0.25) is 0 Å². The summed E-state index contributed by atoms with van der Waals surface area (Å²) in [5.74, 6) is 1.43. The zero-order valence-electron chi connectivity index (χ0n) is 7.70.